The van der Waals surface area contributed by atoms with Crippen LogP contribution in [0.25, 0.3) is 0 Å². The Morgan fingerprint density at radius 1 is 1.35 bits per heavy atom. The molecule has 2 nitrogen and oxygen atoms in total. The zero-order valence-corrected chi connectivity index (χ0v) is 12.7. The number of nitrogens with two attached hydrogens (primary N) is 1. The summed E-state index contributed by atoms with van der Waals surface area (Å²) in [4.78, 5) is 2.40. The predicted octanol–water partition coefficient (Wildman–Crippen LogP) is 3.73. The lowest BCUT2D eigenvalue weighted by Gasteiger charge is -2.33. The number of rotatable bonds is 6. The van der Waals surface area contributed by atoms with Crippen LogP contribution in [0.2, 0.25) is 0 Å². The second-order valence-electron chi connectivity index (χ2n) is 5.98. The Morgan fingerprint density at radius 2 is 2.10 bits per heavy atom. The second-order valence-corrected chi connectivity index (χ2v) is 5.98. The van der Waals surface area contributed by atoms with Crippen LogP contribution in [0.15, 0.2) is 24.3 Å². The van der Waals surface area contributed by atoms with E-state index in [1.807, 2.05) is 12.1 Å². The molecular formula is C17H27FN2. The van der Waals surface area contributed by atoms with Crippen LogP contribution in [0.5, 0.6) is 0 Å². The van der Waals surface area contributed by atoms with Crippen LogP contribution >= 0.6 is 0 Å². The highest BCUT2D eigenvalue weighted by molar-refractivity contribution is 5.23. The number of benzene rings is 1. The first-order valence-corrected chi connectivity index (χ1v) is 7.91. The number of nitrogens with zero attached hydrogens (tertiary/aromatic N) is 1. The monoisotopic (exact) mass is 278 g/mol. The largest absolute Gasteiger partial charge is 0.326 e. The molecule has 1 saturated heterocycles. The van der Waals surface area contributed by atoms with Gasteiger partial charge >= 0.3 is 0 Å². The van der Waals surface area contributed by atoms with E-state index < -0.39 is 0 Å². The molecule has 2 rings (SSSR count). The van der Waals surface area contributed by atoms with Crippen molar-refractivity contribution in [2.75, 3.05) is 13.1 Å². The van der Waals surface area contributed by atoms with Crippen LogP contribution in [0.4, 0.5) is 4.39 Å². The Labute approximate surface area is 122 Å². The van der Waals surface area contributed by atoms with E-state index in [-0.39, 0.29) is 17.9 Å². The van der Waals surface area contributed by atoms with Crippen LogP contribution in [0.3, 0.4) is 0 Å². The highest BCUT2D eigenvalue weighted by atomic mass is 19.1. The summed E-state index contributed by atoms with van der Waals surface area (Å²) in [5.74, 6) is 0.624. The molecule has 1 fully saturated rings. The van der Waals surface area contributed by atoms with Gasteiger partial charge in [0.2, 0.25) is 0 Å². The Balaban J connectivity index is 2.19. The zero-order chi connectivity index (χ0) is 14.5. The van der Waals surface area contributed by atoms with Gasteiger partial charge in [-0.1, -0.05) is 38.5 Å². The highest BCUT2D eigenvalue weighted by Gasteiger charge is 2.32. The molecule has 0 aliphatic carbocycles. The smallest absolute Gasteiger partial charge is 0.128 e. The van der Waals surface area contributed by atoms with Gasteiger partial charge in [0.25, 0.3) is 0 Å². The maximum absolute atomic E-state index is 14.2. The van der Waals surface area contributed by atoms with Crippen LogP contribution in [-0.2, 0) is 0 Å². The van der Waals surface area contributed by atoms with E-state index in [4.69, 9.17) is 5.73 Å². The summed E-state index contributed by atoms with van der Waals surface area (Å²) in [5.41, 5.74) is 7.07. The summed E-state index contributed by atoms with van der Waals surface area (Å²) in [7, 11) is 0. The number of hydrogen-bond donors (Lipinski definition) is 1. The van der Waals surface area contributed by atoms with Crippen molar-refractivity contribution in [1.29, 1.82) is 0 Å². The molecule has 0 radical (unpaired) electrons. The summed E-state index contributed by atoms with van der Waals surface area (Å²) >= 11 is 0. The Hall–Kier alpha value is -0.930. The standard InChI is InChI=1S/C17H27FN2/c1-3-7-13-10-11-20(12-13)17(16(19)4-2)14-8-5-6-9-15(14)18/h5-6,8-9,13,16-17H,3-4,7,10-12,19H2,1-2H3. The highest BCUT2D eigenvalue weighted by Crippen LogP contribution is 2.33. The molecule has 2 N–H and O–H groups in total. The maximum atomic E-state index is 14.2. The summed E-state index contributed by atoms with van der Waals surface area (Å²) in [5, 5.41) is 0. The summed E-state index contributed by atoms with van der Waals surface area (Å²) in [6.45, 7) is 6.41. The lowest BCUT2D eigenvalue weighted by Crippen LogP contribution is -2.40. The van der Waals surface area contributed by atoms with Crippen molar-refractivity contribution in [3.63, 3.8) is 0 Å². The molecule has 112 valence electrons. The van der Waals surface area contributed by atoms with Gasteiger partial charge in [-0.25, -0.2) is 4.39 Å². The predicted molar refractivity (Wildman–Crippen MR) is 82.0 cm³/mol. The van der Waals surface area contributed by atoms with E-state index >= 15 is 0 Å². The van der Waals surface area contributed by atoms with Gasteiger partial charge in [-0.3, -0.25) is 4.90 Å². The van der Waals surface area contributed by atoms with Gasteiger partial charge in [-0.15, -0.1) is 0 Å². The van der Waals surface area contributed by atoms with Crippen LogP contribution in [0.1, 0.15) is 51.1 Å². The number of halogens is 1. The fourth-order valence-corrected chi connectivity index (χ4v) is 3.40. The van der Waals surface area contributed by atoms with Gasteiger partial charge in [-0.2, -0.15) is 0 Å². The topological polar surface area (TPSA) is 29.3 Å². The molecule has 1 aromatic carbocycles. The lowest BCUT2D eigenvalue weighted by atomic mass is 9.96. The molecule has 0 bridgehead atoms. The van der Waals surface area contributed by atoms with E-state index in [9.17, 15) is 4.39 Å². The van der Waals surface area contributed by atoms with Gasteiger partial charge in [0.05, 0.1) is 6.04 Å². The molecular weight excluding hydrogens is 251 g/mol. The van der Waals surface area contributed by atoms with Crippen molar-refractivity contribution in [3.05, 3.63) is 35.6 Å². The quantitative estimate of drug-likeness (QED) is 0.859. The average molecular weight is 278 g/mol. The third-order valence-corrected chi connectivity index (χ3v) is 4.51. The number of hydrogen-bond acceptors (Lipinski definition) is 2. The average Bonchev–Trinajstić information content (AvgIpc) is 2.90. The molecule has 1 aliphatic rings. The first-order chi connectivity index (χ1) is 9.67. The SMILES string of the molecule is CCCC1CCN(C(c2ccccc2F)C(N)CC)C1. The van der Waals surface area contributed by atoms with Gasteiger partial charge in [0.1, 0.15) is 5.82 Å². The first-order valence-electron chi connectivity index (χ1n) is 7.91. The molecule has 0 aromatic heterocycles. The third kappa shape index (κ3) is 3.39. The minimum Gasteiger partial charge on any atom is -0.326 e. The summed E-state index contributed by atoms with van der Waals surface area (Å²) < 4.78 is 14.2. The van der Waals surface area contributed by atoms with Crippen molar-refractivity contribution >= 4 is 0 Å². The van der Waals surface area contributed by atoms with E-state index in [1.165, 1.54) is 19.3 Å². The molecule has 20 heavy (non-hydrogen) atoms. The Kier molecular flexibility index (Phi) is 5.55. The summed E-state index contributed by atoms with van der Waals surface area (Å²) in [6.07, 6.45) is 4.58. The van der Waals surface area contributed by atoms with E-state index in [0.29, 0.717) is 0 Å². The van der Waals surface area contributed by atoms with Crippen molar-refractivity contribution in [1.82, 2.24) is 4.90 Å². The van der Waals surface area contributed by atoms with Gasteiger partial charge in [0, 0.05) is 18.2 Å². The van der Waals surface area contributed by atoms with Crippen molar-refractivity contribution in [2.24, 2.45) is 11.7 Å². The fourth-order valence-electron chi connectivity index (χ4n) is 3.40. The Bertz CT molecular complexity index is 421. The molecule has 0 spiro atoms. The second kappa shape index (κ2) is 7.19. The fraction of sp³-hybridized carbons (Fsp3) is 0.647. The van der Waals surface area contributed by atoms with Crippen LogP contribution in [0, 0.1) is 11.7 Å². The van der Waals surface area contributed by atoms with Gasteiger partial charge < -0.3 is 5.73 Å². The van der Waals surface area contributed by atoms with E-state index in [1.54, 1.807) is 12.1 Å². The van der Waals surface area contributed by atoms with Crippen LogP contribution in [-0.4, -0.2) is 24.0 Å². The molecule has 3 unspecified atom stereocenters. The molecule has 3 heteroatoms. The summed E-state index contributed by atoms with van der Waals surface area (Å²) in [6, 6.07) is 7.10. The van der Waals surface area contributed by atoms with Gasteiger partial charge in [0.15, 0.2) is 0 Å². The third-order valence-electron chi connectivity index (χ3n) is 4.51. The van der Waals surface area contributed by atoms with Crippen LogP contribution < -0.4 is 5.73 Å². The minimum absolute atomic E-state index is 0.00715. The maximum Gasteiger partial charge on any atom is 0.128 e. The van der Waals surface area contributed by atoms with Gasteiger partial charge in [-0.05, 0) is 37.8 Å². The van der Waals surface area contributed by atoms with Crippen molar-refractivity contribution in [2.45, 2.75) is 51.6 Å². The number of likely N-dealkylation sites (tertiary alicyclic amines) is 1. The van der Waals surface area contributed by atoms with Crippen molar-refractivity contribution in [3.8, 4) is 0 Å². The molecule has 1 aliphatic heterocycles. The first kappa shape index (κ1) is 15.5. The molecule has 1 heterocycles. The molecule has 0 amide bonds. The molecule has 0 saturated carbocycles. The Morgan fingerprint density at radius 3 is 2.75 bits per heavy atom. The molecule has 3 atom stereocenters. The minimum atomic E-state index is -0.125. The lowest BCUT2D eigenvalue weighted by molar-refractivity contribution is 0.196. The van der Waals surface area contributed by atoms with E-state index in [2.05, 4.69) is 18.7 Å². The zero-order valence-electron chi connectivity index (χ0n) is 12.7. The normalized spacial score (nSPS) is 22.9. The molecule has 1 aromatic rings. The van der Waals surface area contributed by atoms with Crippen molar-refractivity contribution < 1.29 is 4.39 Å². The van der Waals surface area contributed by atoms with E-state index in [0.717, 1.165) is 31.0 Å².